The lowest BCUT2D eigenvalue weighted by Gasteiger charge is -2.15. The minimum atomic E-state index is -0.558. The van der Waals surface area contributed by atoms with Crippen LogP contribution in [0, 0.1) is 0 Å². The molecule has 2 atom stereocenters. The first-order valence-corrected chi connectivity index (χ1v) is 6.69. The maximum absolute atomic E-state index is 12.0. The first kappa shape index (κ1) is 15.2. The molecule has 1 aromatic heterocycles. The number of aliphatic hydroxyl groups excluding tert-OH is 1. The molecular formula is C15H19N3O3. The lowest BCUT2D eigenvalue weighted by Crippen LogP contribution is -2.24. The Kier molecular flexibility index (Phi) is 5.08. The Morgan fingerprint density at radius 1 is 1.38 bits per heavy atom. The van der Waals surface area contributed by atoms with Crippen molar-refractivity contribution >= 4 is 5.97 Å². The van der Waals surface area contributed by atoms with Crippen LogP contribution in [0.15, 0.2) is 42.6 Å². The van der Waals surface area contributed by atoms with Gasteiger partial charge in [0.25, 0.3) is 0 Å². The summed E-state index contributed by atoms with van der Waals surface area (Å²) in [5.74, 6) is -0.369. The van der Waals surface area contributed by atoms with Gasteiger partial charge < -0.3 is 15.6 Å². The molecular weight excluding hydrogens is 270 g/mol. The summed E-state index contributed by atoms with van der Waals surface area (Å²) < 4.78 is 6.39. The molecule has 0 aliphatic carbocycles. The molecule has 0 bridgehead atoms. The zero-order chi connectivity index (χ0) is 15.2. The van der Waals surface area contributed by atoms with Crippen LogP contribution in [0.2, 0.25) is 0 Å². The minimum Gasteiger partial charge on any atom is -0.467 e. The van der Waals surface area contributed by atoms with Crippen LogP contribution in [0.25, 0.3) is 0 Å². The van der Waals surface area contributed by atoms with E-state index in [4.69, 9.17) is 15.6 Å². The quantitative estimate of drug-likeness (QED) is 0.769. The summed E-state index contributed by atoms with van der Waals surface area (Å²) in [5, 5.41) is 13.3. The first-order chi connectivity index (χ1) is 10.2. The Balaban J connectivity index is 2.24. The lowest BCUT2D eigenvalue weighted by atomic mass is 10.1. The number of aliphatic hydroxyl groups is 1. The van der Waals surface area contributed by atoms with Crippen LogP contribution in [-0.2, 0) is 16.0 Å². The van der Waals surface area contributed by atoms with Gasteiger partial charge in [-0.25, -0.2) is 4.79 Å². The average Bonchev–Trinajstić information content (AvgIpc) is 3.01. The summed E-state index contributed by atoms with van der Waals surface area (Å²) in [4.78, 5) is 12.0. The van der Waals surface area contributed by atoms with Crippen LogP contribution in [0.3, 0.4) is 0 Å². The van der Waals surface area contributed by atoms with Crippen molar-refractivity contribution in [2.24, 2.45) is 5.73 Å². The zero-order valence-corrected chi connectivity index (χ0v) is 11.8. The molecule has 2 aromatic rings. The van der Waals surface area contributed by atoms with Crippen LogP contribution in [0.4, 0.5) is 0 Å². The topological polar surface area (TPSA) is 90.4 Å². The summed E-state index contributed by atoms with van der Waals surface area (Å²) in [6.45, 7) is -0.196. The van der Waals surface area contributed by atoms with E-state index in [1.807, 2.05) is 30.3 Å². The zero-order valence-electron chi connectivity index (χ0n) is 11.8. The fraction of sp³-hybridized carbons (Fsp3) is 0.333. The van der Waals surface area contributed by atoms with Gasteiger partial charge in [0, 0.05) is 12.6 Å². The lowest BCUT2D eigenvalue weighted by molar-refractivity contribution is -0.144. The monoisotopic (exact) mass is 289 g/mol. The Morgan fingerprint density at radius 2 is 2.10 bits per heavy atom. The smallest absolute Gasteiger partial charge is 0.331 e. The molecule has 6 heteroatoms. The highest BCUT2D eigenvalue weighted by molar-refractivity contribution is 5.74. The van der Waals surface area contributed by atoms with Gasteiger partial charge in [0.15, 0.2) is 6.04 Å². The van der Waals surface area contributed by atoms with Crippen molar-refractivity contribution in [3.8, 4) is 0 Å². The molecule has 21 heavy (non-hydrogen) atoms. The molecule has 0 saturated heterocycles. The van der Waals surface area contributed by atoms with Gasteiger partial charge in [-0.15, -0.1) is 0 Å². The van der Waals surface area contributed by atoms with Crippen LogP contribution in [-0.4, -0.2) is 34.6 Å². The standard InChI is InChI=1S/C15H19N3O3/c1-21-15(20)14(9-11-5-3-2-4-6-11)18-8-7-13(17-18)12(16)10-19/h2-8,12,14,19H,9-10,16H2,1H3/t12-,14-/m0/s1. The van der Waals surface area contributed by atoms with Crippen LogP contribution in [0.5, 0.6) is 0 Å². The van der Waals surface area contributed by atoms with Crippen LogP contribution in [0.1, 0.15) is 23.3 Å². The van der Waals surface area contributed by atoms with Gasteiger partial charge in [0.1, 0.15) is 0 Å². The number of aromatic nitrogens is 2. The van der Waals surface area contributed by atoms with Gasteiger partial charge in [-0.05, 0) is 11.6 Å². The number of hydrogen-bond donors (Lipinski definition) is 2. The van der Waals surface area contributed by atoms with Crippen LogP contribution < -0.4 is 5.73 Å². The minimum absolute atomic E-state index is 0.196. The molecule has 3 N–H and O–H groups in total. The third-order valence-corrected chi connectivity index (χ3v) is 3.27. The predicted molar refractivity (Wildman–Crippen MR) is 77.4 cm³/mol. The molecule has 0 fully saturated rings. The van der Waals surface area contributed by atoms with E-state index in [0.29, 0.717) is 12.1 Å². The van der Waals surface area contributed by atoms with E-state index >= 15 is 0 Å². The number of nitrogens with two attached hydrogens (primary N) is 1. The fourth-order valence-electron chi connectivity index (χ4n) is 2.08. The van der Waals surface area contributed by atoms with Crippen molar-refractivity contribution in [3.63, 3.8) is 0 Å². The average molecular weight is 289 g/mol. The Labute approximate surface area is 123 Å². The molecule has 0 spiro atoms. The van der Waals surface area contributed by atoms with Gasteiger partial charge in [-0.3, -0.25) is 4.68 Å². The molecule has 1 aromatic carbocycles. The Hall–Kier alpha value is -2.18. The highest BCUT2D eigenvalue weighted by Crippen LogP contribution is 2.17. The molecule has 0 unspecified atom stereocenters. The number of ether oxygens (including phenoxy) is 1. The molecule has 0 amide bonds. The van der Waals surface area contributed by atoms with Gasteiger partial charge in [0.2, 0.25) is 0 Å². The number of methoxy groups -OCH3 is 1. The second-order valence-electron chi connectivity index (χ2n) is 4.74. The molecule has 0 radical (unpaired) electrons. The third-order valence-electron chi connectivity index (χ3n) is 3.27. The van der Waals surface area contributed by atoms with Crippen molar-refractivity contribution in [1.82, 2.24) is 9.78 Å². The number of carbonyl (C=O) groups excluding carboxylic acids is 1. The molecule has 0 saturated carbocycles. The van der Waals surface area contributed by atoms with Crippen molar-refractivity contribution in [1.29, 1.82) is 0 Å². The maximum Gasteiger partial charge on any atom is 0.331 e. The Morgan fingerprint density at radius 3 is 2.71 bits per heavy atom. The van der Waals surface area contributed by atoms with E-state index in [1.54, 1.807) is 12.3 Å². The van der Waals surface area contributed by atoms with Crippen molar-refractivity contribution in [2.45, 2.75) is 18.5 Å². The van der Waals surface area contributed by atoms with E-state index in [2.05, 4.69) is 5.10 Å². The molecule has 6 nitrogen and oxygen atoms in total. The van der Waals surface area contributed by atoms with E-state index in [-0.39, 0.29) is 12.6 Å². The third kappa shape index (κ3) is 3.68. The largest absolute Gasteiger partial charge is 0.467 e. The highest BCUT2D eigenvalue weighted by atomic mass is 16.5. The van der Waals surface area contributed by atoms with Gasteiger partial charge in [0.05, 0.1) is 25.5 Å². The molecule has 0 aliphatic rings. The van der Waals surface area contributed by atoms with Gasteiger partial charge >= 0.3 is 5.97 Å². The van der Waals surface area contributed by atoms with Crippen molar-refractivity contribution < 1.29 is 14.6 Å². The normalized spacial score (nSPS) is 13.7. The van der Waals surface area contributed by atoms with Crippen molar-refractivity contribution in [2.75, 3.05) is 13.7 Å². The number of nitrogens with zero attached hydrogens (tertiary/aromatic N) is 2. The van der Waals surface area contributed by atoms with Gasteiger partial charge in [-0.2, -0.15) is 5.10 Å². The number of esters is 1. The van der Waals surface area contributed by atoms with Crippen molar-refractivity contribution in [3.05, 3.63) is 53.9 Å². The summed E-state index contributed by atoms with van der Waals surface area (Å²) >= 11 is 0. The van der Waals surface area contributed by atoms with Crippen LogP contribution >= 0.6 is 0 Å². The Bertz CT molecular complexity index is 583. The summed E-state index contributed by atoms with van der Waals surface area (Å²) in [6.07, 6.45) is 2.15. The van der Waals surface area contributed by atoms with Gasteiger partial charge in [-0.1, -0.05) is 30.3 Å². The van der Waals surface area contributed by atoms with E-state index in [1.165, 1.54) is 11.8 Å². The number of hydrogen-bond acceptors (Lipinski definition) is 5. The summed E-state index contributed by atoms with van der Waals surface area (Å²) in [6, 6.07) is 10.2. The molecule has 112 valence electrons. The number of carbonyl (C=O) groups is 1. The molecule has 1 heterocycles. The fourth-order valence-corrected chi connectivity index (χ4v) is 2.08. The molecule has 0 aliphatic heterocycles. The molecule has 2 rings (SSSR count). The highest BCUT2D eigenvalue weighted by Gasteiger charge is 2.23. The SMILES string of the molecule is COC(=O)[C@H](Cc1ccccc1)n1ccc([C@@H](N)CO)n1. The second kappa shape index (κ2) is 7.01. The maximum atomic E-state index is 12.0. The second-order valence-corrected chi connectivity index (χ2v) is 4.74. The van der Waals surface area contributed by atoms with E-state index < -0.39 is 12.1 Å². The van der Waals surface area contributed by atoms with E-state index in [0.717, 1.165) is 5.56 Å². The van der Waals surface area contributed by atoms with E-state index in [9.17, 15) is 4.79 Å². The summed E-state index contributed by atoms with van der Waals surface area (Å²) in [7, 11) is 1.35. The first-order valence-electron chi connectivity index (χ1n) is 6.69. The number of rotatable bonds is 6. The number of benzene rings is 1. The summed E-state index contributed by atoms with van der Waals surface area (Å²) in [5.41, 5.74) is 7.28. The predicted octanol–water partition coefficient (Wildman–Crippen LogP) is 0.832.